The summed E-state index contributed by atoms with van der Waals surface area (Å²) in [5.41, 5.74) is 5.46. The number of rotatable bonds is 9. The van der Waals surface area contributed by atoms with Crippen molar-refractivity contribution in [2.24, 2.45) is 0 Å². The monoisotopic (exact) mass is 475 g/mol. The van der Waals surface area contributed by atoms with Gasteiger partial charge in [-0.2, -0.15) is 0 Å². The summed E-state index contributed by atoms with van der Waals surface area (Å²) in [6, 6.07) is 19.4. The molecule has 1 unspecified atom stereocenters. The average Bonchev–Trinajstić information content (AvgIpc) is 3.17. The first kappa shape index (κ1) is 23.9. The molecule has 1 aliphatic carbocycles. The van der Waals surface area contributed by atoms with E-state index in [1.807, 2.05) is 36.4 Å². The van der Waals surface area contributed by atoms with Gasteiger partial charge in [0.05, 0.1) is 18.3 Å². The first-order valence-corrected chi connectivity index (χ1v) is 11.2. The van der Waals surface area contributed by atoms with Crippen LogP contribution >= 0.6 is 0 Å². The number of amides is 2. The number of carboxylic acids is 1. The van der Waals surface area contributed by atoms with Crippen LogP contribution < -0.4 is 10.6 Å². The molecule has 1 atom stereocenters. The maximum absolute atomic E-state index is 12.4. The minimum atomic E-state index is -1.52. The molecule has 0 aliphatic heterocycles. The summed E-state index contributed by atoms with van der Waals surface area (Å²) in [7, 11) is 0. The number of hydrogen-bond acceptors (Lipinski definition) is 6. The molecule has 0 fully saturated rings. The van der Waals surface area contributed by atoms with Gasteiger partial charge < -0.3 is 20.3 Å². The standard InChI is InChI=1S/C26H25N3O6/c30-23(25(32)33)11-12-27-24(31)13-16-9-10-17(14-28-16)29-26(34)35-15-22-20-7-3-1-5-18(20)19-6-2-4-8-21(19)22/h1-10,14,22-23,30H,11-13,15H2,(H,27,31)(H,29,34)(H,32,33). The van der Waals surface area contributed by atoms with Crippen LogP contribution in [0.25, 0.3) is 11.1 Å². The normalized spacial score (nSPS) is 12.8. The van der Waals surface area contributed by atoms with E-state index >= 15 is 0 Å². The highest BCUT2D eigenvalue weighted by Crippen LogP contribution is 2.44. The number of ether oxygens (including phenoxy) is 1. The molecule has 1 aromatic heterocycles. The number of hydrogen-bond donors (Lipinski definition) is 4. The van der Waals surface area contributed by atoms with Gasteiger partial charge in [0.1, 0.15) is 6.61 Å². The van der Waals surface area contributed by atoms with Crippen LogP contribution in [0.4, 0.5) is 10.5 Å². The summed E-state index contributed by atoms with van der Waals surface area (Å²) in [5, 5.41) is 23.0. The first-order chi connectivity index (χ1) is 16.9. The number of carboxylic acid groups (broad SMARTS) is 1. The molecule has 35 heavy (non-hydrogen) atoms. The number of anilines is 1. The number of carbonyl (C=O) groups excluding carboxylic acids is 2. The predicted molar refractivity (Wildman–Crippen MR) is 128 cm³/mol. The molecule has 9 nitrogen and oxygen atoms in total. The van der Waals surface area contributed by atoms with Crippen molar-refractivity contribution >= 4 is 23.7 Å². The minimum absolute atomic E-state index is 0.0195. The van der Waals surface area contributed by atoms with Crippen molar-refractivity contribution in [3.63, 3.8) is 0 Å². The zero-order valence-corrected chi connectivity index (χ0v) is 18.8. The molecular weight excluding hydrogens is 450 g/mol. The third kappa shape index (κ3) is 5.82. The summed E-state index contributed by atoms with van der Waals surface area (Å²) < 4.78 is 5.51. The molecule has 0 radical (unpaired) electrons. The Morgan fingerprint density at radius 1 is 0.971 bits per heavy atom. The summed E-state index contributed by atoms with van der Waals surface area (Å²) in [6.45, 7) is 0.232. The van der Waals surface area contributed by atoms with Gasteiger partial charge >= 0.3 is 12.1 Å². The van der Waals surface area contributed by atoms with Gasteiger partial charge in [-0.05, 0) is 34.4 Å². The minimum Gasteiger partial charge on any atom is -0.479 e. The van der Waals surface area contributed by atoms with Crippen molar-refractivity contribution in [1.82, 2.24) is 10.3 Å². The highest BCUT2D eigenvalue weighted by atomic mass is 16.5. The Morgan fingerprint density at radius 2 is 1.63 bits per heavy atom. The quantitative estimate of drug-likeness (QED) is 0.373. The maximum Gasteiger partial charge on any atom is 0.411 e. The highest BCUT2D eigenvalue weighted by Gasteiger charge is 2.29. The number of carbonyl (C=O) groups is 3. The van der Waals surface area contributed by atoms with E-state index in [-0.39, 0.29) is 37.8 Å². The van der Waals surface area contributed by atoms with Crippen molar-refractivity contribution in [3.05, 3.63) is 83.7 Å². The number of fused-ring (bicyclic) bond motifs is 3. The molecule has 180 valence electrons. The number of benzene rings is 2. The molecule has 2 amide bonds. The molecule has 9 heteroatoms. The molecule has 1 aliphatic rings. The van der Waals surface area contributed by atoms with E-state index in [1.54, 1.807) is 12.1 Å². The first-order valence-electron chi connectivity index (χ1n) is 11.2. The largest absolute Gasteiger partial charge is 0.479 e. The molecule has 0 saturated heterocycles. The van der Waals surface area contributed by atoms with E-state index in [0.29, 0.717) is 11.4 Å². The molecule has 3 aromatic rings. The van der Waals surface area contributed by atoms with E-state index in [0.717, 1.165) is 22.3 Å². The number of pyridine rings is 1. The Kier molecular flexibility index (Phi) is 7.37. The Hall–Kier alpha value is -4.24. The Labute approximate surface area is 201 Å². The number of nitrogens with zero attached hydrogens (tertiary/aromatic N) is 1. The lowest BCUT2D eigenvalue weighted by Gasteiger charge is -2.14. The topological polar surface area (TPSA) is 138 Å². The fraction of sp³-hybridized carbons (Fsp3) is 0.231. The lowest BCUT2D eigenvalue weighted by Crippen LogP contribution is -2.31. The van der Waals surface area contributed by atoms with Crippen LogP contribution in [0.3, 0.4) is 0 Å². The van der Waals surface area contributed by atoms with Crippen molar-refractivity contribution in [2.45, 2.75) is 24.9 Å². The van der Waals surface area contributed by atoms with Crippen molar-refractivity contribution in [1.29, 1.82) is 0 Å². The van der Waals surface area contributed by atoms with E-state index in [1.165, 1.54) is 6.20 Å². The number of aliphatic hydroxyl groups excluding tert-OH is 1. The molecule has 1 heterocycles. The predicted octanol–water partition coefficient (Wildman–Crippen LogP) is 2.94. The zero-order chi connectivity index (χ0) is 24.8. The van der Waals surface area contributed by atoms with Crippen LogP contribution in [0.1, 0.15) is 29.2 Å². The van der Waals surface area contributed by atoms with Crippen LogP contribution in [0, 0.1) is 0 Å². The second kappa shape index (κ2) is 10.8. The second-order valence-corrected chi connectivity index (χ2v) is 8.16. The SMILES string of the molecule is O=C(Cc1ccc(NC(=O)OCC2c3ccccc3-c3ccccc32)cn1)NCCC(O)C(=O)O. The summed E-state index contributed by atoms with van der Waals surface area (Å²) in [4.78, 5) is 39.1. The fourth-order valence-corrected chi connectivity index (χ4v) is 4.05. The second-order valence-electron chi connectivity index (χ2n) is 8.16. The zero-order valence-electron chi connectivity index (χ0n) is 18.8. The lowest BCUT2D eigenvalue weighted by atomic mass is 9.98. The average molecular weight is 476 g/mol. The molecule has 0 saturated carbocycles. The molecule has 4 N–H and O–H groups in total. The van der Waals surface area contributed by atoms with Crippen LogP contribution in [0.5, 0.6) is 0 Å². The van der Waals surface area contributed by atoms with Gasteiger partial charge in [-0.15, -0.1) is 0 Å². The third-order valence-corrected chi connectivity index (χ3v) is 5.78. The van der Waals surface area contributed by atoms with E-state index in [2.05, 4.69) is 27.8 Å². The van der Waals surface area contributed by atoms with E-state index < -0.39 is 18.2 Å². The van der Waals surface area contributed by atoms with Gasteiger partial charge in [-0.25, -0.2) is 9.59 Å². The van der Waals surface area contributed by atoms with Crippen LogP contribution in [-0.4, -0.2) is 52.4 Å². The van der Waals surface area contributed by atoms with Crippen LogP contribution in [-0.2, 0) is 20.7 Å². The fourth-order valence-electron chi connectivity index (χ4n) is 4.05. The third-order valence-electron chi connectivity index (χ3n) is 5.78. The Morgan fingerprint density at radius 3 is 2.23 bits per heavy atom. The Bertz CT molecular complexity index is 1180. The number of aliphatic hydroxyl groups is 1. The smallest absolute Gasteiger partial charge is 0.411 e. The van der Waals surface area contributed by atoms with E-state index in [4.69, 9.17) is 9.84 Å². The van der Waals surface area contributed by atoms with Gasteiger partial charge in [0.2, 0.25) is 5.91 Å². The molecule has 0 spiro atoms. The van der Waals surface area contributed by atoms with Gasteiger partial charge in [0.25, 0.3) is 0 Å². The lowest BCUT2D eigenvalue weighted by molar-refractivity contribution is -0.147. The summed E-state index contributed by atoms with van der Waals surface area (Å²) in [6.07, 6.45) is -0.794. The van der Waals surface area contributed by atoms with Gasteiger partial charge in [0.15, 0.2) is 6.10 Å². The molecule has 4 rings (SSSR count). The summed E-state index contributed by atoms with van der Waals surface area (Å²) in [5.74, 6) is -1.73. The molecular formula is C26H25N3O6. The number of aliphatic carboxylic acids is 1. The van der Waals surface area contributed by atoms with Crippen molar-refractivity contribution in [3.8, 4) is 11.1 Å². The van der Waals surface area contributed by atoms with Crippen molar-refractivity contribution in [2.75, 3.05) is 18.5 Å². The highest BCUT2D eigenvalue weighted by molar-refractivity contribution is 5.85. The number of aromatic nitrogens is 1. The van der Waals surface area contributed by atoms with Gasteiger partial charge in [0, 0.05) is 24.6 Å². The van der Waals surface area contributed by atoms with E-state index in [9.17, 15) is 19.5 Å². The van der Waals surface area contributed by atoms with Crippen LogP contribution in [0.2, 0.25) is 0 Å². The van der Waals surface area contributed by atoms with Gasteiger partial charge in [-0.1, -0.05) is 48.5 Å². The van der Waals surface area contributed by atoms with Crippen LogP contribution in [0.15, 0.2) is 66.9 Å². The maximum atomic E-state index is 12.4. The molecule has 0 bridgehead atoms. The Balaban J connectivity index is 1.26. The molecule has 2 aromatic carbocycles. The van der Waals surface area contributed by atoms with Crippen molar-refractivity contribution < 1.29 is 29.3 Å². The van der Waals surface area contributed by atoms with Gasteiger partial charge in [-0.3, -0.25) is 15.1 Å². The number of nitrogens with one attached hydrogen (secondary N) is 2. The summed E-state index contributed by atoms with van der Waals surface area (Å²) >= 11 is 0.